The Bertz CT molecular complexity index is 607. The molecular weight excluding hydrogens is 266 g/mol. The van der Waals surface area contributed by atoms with E-state index in [0.29, 0.717) is 6.54 Å². The molecule has 2 rings (SSSR count). The highest BCUT2D eigenvalue weighted by Gasteiger charge is 2.21. The number of fused-ring (bicyclic) bond motifs is 1. The number of esters is 1. The van der Waals surface area contributed by atoms with Crippen molar-refractivity contribution in [2.24, 2.45) is 0 Å². The zero-order chi connectivity index (χ0) is 15.2. The predicted octanol–water partition coefficient (Wildman–Crippen LogP) is 2.14. The van der Waals surface area contributed by atoms with E-state index in [1.54, 1.807) is 0 Å². The number of carbonyl (C=O) groups excluding carboxylic acids is 1. The highest BCUT2D eigenvalue weighted by Crippen LogP contribution is 2.17. The number of carbonyl (C=O) groups is 1. The lowest BCUT2D eigenvalue weighted by Gasteiger charge is -2.18. The normalized spacial score (nSPS) is 12.5. The summed E-state index contributed by atoms with van der Waals surface area (Å²) in [6.07, 6.45) is 1.80. The zero-order valence-corrected chi connectivity index (χ0v) is 12.9. The summed E-state index contributed by atoms with van der Waals surface area (Å²) in [4.78, 5) is 16.6. The van der Waals surface area contributed by atoms with Crippen LogP contribution in [-0.4, -0.2) is 35.2 Å². The van der Waals surface area contributed by atoms with E-state index in [1.807, 2.05) is 24.3 Å². The second-order valence-corrected chi connectivity index (χ2v) is 5.01. The van der Waals surface area contributed by atoms with Crippen LogP contribution < -0.4 is 5.32 Å². The van der Waals surface area contributed by atoms with Crippen LogP contribution in [0.1, 0.15) is 26.1 Å². The van der Waals surface area contributed by atoms with E-state index in [1.165, 1.54) is 7.11 Å². The molecule has 0 aliphatic rings. The van der Waals surface area contributed by atoms with Crippen molar-refractivity contribution in [1.29, 1.82) is 0 Å². The number of rotatable bonds is 7. The number of hydrogen-bond acceptors (Lipinski definition) is 4. The maximum Gasteiger partial charge on any atom is 0.324 e. The summed E-state index contributed by atoms with van der Waals surface area (Å²) in [6.45, 7) is 5.47. The lowest BCUT2D eigenvalue weighted by molar-refractivity contribution is -0.143. The molecule has 5 heteroatoms. The molecule has 1 N–H and O–H groups in total. The summed E-state index contributed by atoms with van der Waals surface area (Å²) < 4.78 is 7.02. The van der Waals surface area contributed by atoms with Crippen LogP contribution in [0.25, 0.3) is 11.0 Å². The van der Waals surface area contributed by atoms with Gasteiger partial charge in [0.15, 0.2) is 0 Å². The number of nitrogens with one attached hydrogen (secondary N) is 1. The molecular formula is C16H23N3O2. The number of para-hydroxylation sites is 2. The van der Waals surface area contributed by atoms with Crippen molar-refractivity contribution in [3.05, 3.63) is 30.1 Å². The minimum atomic E-state index is -0.349. The van der Waals surface area contributed by atoms with Crippen molar-refractivity contribution in [1.82, 2.24) is 14.9 Å². The fourth-order valence-corrected chi connectivity index (χ4v) is 2.46. The van der Waals surface area contributed by atoms with Crippen molar-refractivity contribution in [2.45, 2.75) is 39.3 Å². The van der Waals surface area contributed by atoms with Crippen molar-refractivity contribution < 1.29 is 9.53 Å². The Morgan fingerprint density at radius 3 is 2.81 bits per heavy atom. The molecule has 0 radical (unpaired) electrons. The summed E-state index contributed by atoms with van der Waals surface area (Å²) in [7, 11) is 1.43. The average Bonchev–Trinajstić information content (AvgIpc) is 2.88. The monoisotopic (exact) mass is 289 g/mol. The number of aromatic nitrogens is 2. The zero-order valence-electron chi connectivity index (χ0n) is 12.9. The number of aryl methyl sites for hydroxylation is 1. The lowest BCUT2D eigenvalue weighted by atomic mass is 10.2. The molecule has 0 saturated carbocycles. The number of ether oxygens (including phenoxy) is 1. The number of imidazole rings is 1. The molecule has 1 aromatic carbocycles. The van der Waals surface area contributed by atoms with Crippen LogP contribution in [0, 0.1) is 0 Å². The van der Waals surface area contributed by atoms with Crippen molar-refractivity contribution in [2.75, 3.05) is 13.7 Å². The van der Waals surface area contributed by atoms with Crippen molar-refractivity contribution in [3.63, 3.8) is 0 Å². The van der Waals surface area contributed by atoms with Crippen molar-refractivity contribution >= 4 is 17.0 Å². The minimum Gasteiger partial charge on any atom is -0.468 e. The minimum absolute atomic E-state index is 0.233. The molecule has 21 heavy (non-hydrogen) atoms. The van der Waals surface area contributed by atoms with Crippen LogP contribution in [0.4, 0.5) is 0 Å². The second kappa shape index (κ2) is 7.22. The summed E-state index contributed by atoms with van der Waals surface area (Å²) in [5.41, 5.74) is 2.02. The van der Waals surface area contributed by atoms with E-state index < -0.39 is 0 Å². The van der Waals surface area contributed by atoms with Crippen LogP contribution in [0.15, 0.2) is 24.3 Å². The van der Waals surface area contributed by atoms with Crippen LogP contribution in [0.3, 0.4) is 0 Å². The highest BCUT2D eigenvalue weighted by atomic mass is 16.5. The number of methoxy groups -OCH3 is 1. The largest absolute Gasteiger partial charge is 0.468 e. The van der Waals surface area contributed by atoms with Gasteiger partial charge in [-0.2, -0.15) is 0 Å². The van der Waals surface area contributed by atoms with Gasteiger partial charge >= 0.3 is 5.97 Å². The molecule has 1 aromatic heterocycles. The SMILES string of the molecule is CCCNC(Cn1c(CC)nc2ccccc21)C(=O)OC. The molecule has 5 nitrogen and oxygen atoms in total. The Kier molecular flexibility index (Phi) is 5.33. The Hall–Kier alpha value is -1.88. The van der Waals surface area contributed by atoms with Crippen molar-refractivity contribution in [3.8, 4) is 0 Å². The molecule has 114 valence electrons. The number of benzene rings is 1. The Labute approximate surface area is 125 Å². The van der Waals surface area contributed by atoms with E-state index >= 15 is 0 Å². The van der Waals surface area contributed by atoms with Crippen LogP contribution in [0.2, 0.25) is 0 Å². The van der Waals surface area contributed by atoms with E-state index in [2.05, 4.69) is 28.7 Å². The molecule has 0 aliphatic heterocycles. The van der Waals surface area contributed by atoms with Gasteiger partial charge in [0.2, 0.25) is 0 Å². The Morgan fingerprint density at radius 2 is 2.14 bits per heavy atom. The number of nitrogens with zero attached hydrogens (tertiary/aromatic N) is 2. The van der Waals surface area contributed by atoms with Gasteiger partial charge in [-0.15, -0.1) is 0 Å². The molecule has 0 fully saturated rings. The van der Waals surface area contributed by atoms with Gasteiger partial charge in [-0.25, -0.2) is 4.98 Å². The first-order chi connectivity index (χ1) is 10.2. The van der Waals surface area contributed by atoms with E-state index in [-0.39, 0.29) is 12.0 Å². The maximum atomic E-state index is 12.0. The summed E-state index contributed by atoms with van der Waals surface area (Å²) in [6, 6.07) is 7.66. The highest BCUT2D eigenvalue weighted by molar-refractivity contribution is 5.78. The average molecular weight is 289 g/mol. The Morgan fingerprint density at radius 1 is 1.38 bits per heavy atom. The van der Waals surface area contributed by atoms with Crippen LogP contribution in [-0.2, 0) is 22.5 Å². The third kappa shape index (κ3) is 3.42. The third-order valence-electron chi connectivity index (χ3n) is 3.54. The molecule has 0 saturated heterocycles. The third-order valence-corrected chi connectivity index (χ3v) is 3.54. The van der Waals surface area contributed by atoms with E-state index in [9.17, 15) is 4.79 Å². The second-order valence-electron chi connectivity index (χ2n) is 5.01. The first kappa shape index (κ1) is 15.5. The van der Waals surface area contributed by atoms with E-state index in [4.69, 9.17) is 4.74 Å². The topological polar surface area (TPSA) is 56.2 Å². The van der Waals surface area contributed by atoms with Crippen LogP contribution >= 0.6 is 0 Å². The molecule has 2 aromatic rings. The molecule has 0 amide bonds. The quantitative estimate of drug-likeness (QED) is 0.793. The molecule has 1 unspecified atom stereocenters. The summed E-state index contributed by atoms with van der Waals surface area (Å²) >= 11 is 0. The predicted molar refractivity (Wildman–Crippen MR) is 83.2 cm³/mol. The van der Waals surface area contributed by atoms with Gasteiger partial charge in [0, 0.05) is 6.42 Å². The number of hydrogen-bond donors (Lipinski definition) is 1. The molecule has 1 heterocycles. The van der Waals surface area contributed by atoms with Gasteiger partial charge < -0.3 is 14.6 Å². The van der Waals surface area contributed by atoms with Gasteiger partial charge in [0.1, 0.15) is 11.9 Å². The molecule has 0 spiro atoms. The molecule has 0 aliphatic carbocycles. The maximum absolute atomic E-state index is 12.0. The Balaban J connectivity index is 2.32. The standard InChI is InChI=1S/C16H23N3O2/c1-4-10-17-13(16(20)21-3)11-19-14-9-7-6-8-12(14)18-15(19)5-2/h6-9,13,17H,4-5,10-11H2,1-3H3. The first-order valence-corrected chi connectivity index (χ1v) is 7.46. The first-order valence-electron chi connectivity index (χ1n) is 7.46. The summed E-state index contributed by atoms with van der Waals surface area (Å²) in [5.74, 6) is 0.756. The molecule has 0 bridgehead atoms. The van der Waals surface area contributed by atoms with Gasteiger partial charge in [0.25, 0.3) is 0 Å². The fraction of sp³-hybridized carbons (Fsp3) is 0.500. The fourth-order valence-electron chi connectivity index (χ4n) is 2.46. The van der Waals surface area contributed by atoms with E-state index in [0.717, 1.165) is 36.2 Å². The smallest absolute Gasteiger partial charge is 0.324 e. The lowest BCUT2D eigenvalue weighted by Crippen LogP contribution is -2.41. The van der Waals surface area contributed by atoms with Gasteiger partial charge in [-0.3, -0.25) is 4.79 Å². The molecule has 1 atom stereocenters. The van der Waals surface area contributed by atoms with Gasteiger partial charge in [-0.1, -0.05) is 26.0 Å². The van der Waals surface area contributed by atoms with Gasteiger partial charge in [-0.05, 0) is 25.1 Å². The van der Waals surface area contributed by atoms with Crippen LogP contribution in [0.5, 0.6) is 0 Å². The van der Waals surface area contributed by atoms with Gasteiger partial charge in [0.05, 0.1) is 24.7 Å². The summed E-state index contributed by atoms with van der Waals surface area (Å²) in [5, 5.41) is 3.25.